The quantitative estimate of drug-likeness (QED) is 0.237. The van der Waals surface area contributed by atoms with E-state index in [0.29, 0.717) is 41.5 Å². The summed E-state index contributed by atoms with van der Waals surface area (Å²) >= 11 is 1.41. The molecule has 1 aromatic carbocycles. The van der Waals surface area contributed by atoms with Gasteiger partial charge in [0.25, 0.3) is 0 Å². The molecule has 0 aliphatic carbocycles. The van der Waals surface area contributed by atoms with Gasteiger partial charge in [-0.05, 0) is 24.2 Å². The molecule has 3 aromatic rings. The molecule has 0 radical (unpaired) electrons. The van der Waals surface area contributed by atoms with Crippen molar-refractivity contribution in [1.29, 1.82) is 0 Å². The van der Waals surface area contributed by atoms with Gasteiger partial charge in [0.2, 0.25) is 0 Å². The van der Waals surface area contributed by atoms with Gasteiger partial charge in [-0.1, -0.05) is 30.3 Å². The lowest BCUT2D eigenvalue weighted by Crippen LogP contribution is -2.46. The Morgan fingerprint density at radius 3 is 2.88 bits per heavy atom. The SMILES string of the molecule is NC(CCSCC1OCC(O)(n2cnc3c(NCCc4ccccc4)ncnc32)C1O)C(=O)O. The summed E-state index contributed by atoms with van der Waals surface area (Å²) in [5, 5.41) is 34.3. The summed E-state index contributed by atoms with van der Waals surface area (Å²) in [7, 11) is 0. The molecule has 1 aliphatic heterocycles. The van der Waals surface area contributed by atoms with E-state index in [2.05, 4.69) is 32.4 Å². The summed E-state index contributed by atoms with van der Waals surface area (Å²) in [6.07, 6.45) is 2.05. The van der Waals surface area contributed by atoms with Crippen molar-refractivity contribution >= 4 is 34.7 Å². The number of carbonyl (C=O) groups is 1. The number of rotatable bonds is 11. The minimum Gasteiger partial charge on any atom is -0.480 e. The molecule has 4 unspecified atom stereocenters. The standard InChI is InChI=1S/C22H28N6O5S/c23-15(21(30)31)7-9-34-10-16-18(29)22(32,11-33-16)28-13-27-17-19(25-12-26-20(17)28)24-8-6-14-4-2-1-3-5-14/h1-5,12-13,15-16,18,29,32H,6-11,23H2,(H,30,31)(H,24,25,26). The molecule has 3 heterocycles. The molecule has 4 rings (SSSR count). The van der Waals surface area contributed by atoms with Gasteiger partial charge >= 0.3 is 5.97 Å². The molecule has 11 nitrogen and oxygen atoms in total. The maximum Gasteiger partial charge on any atom is 0.320 e. The number of aromatic nitrogens is 4. The zero-order valence-electron chi connectivity index (χ0n) is 18.4. The molecule has 0 bridgehead atoms. The number of hydrogen-bond acceptors (Lipinski definition) is 10. The van der Waals surface area contributed by atoms with Crippen LogP contribution in [0.15, 0.2) is 43.0 Å². The molecule has 1 saturated heterocycles. The van der Waals surface area contributed by atoms with Crippen molar-refractivity contribution in [3.05, 3.63) is 48.5 Å². The number of nitrogens with two attached hydrogens (primary N) is 1. The van der Waals surface area contributed by atoms with Crippen molar-refractivity contribution in [2.45, 2.75) is 36.8 Å². The fraction of sp³-hybridized carbons (Fsp3) is 0.455. The predicted octanol–water partition coefficient (Wildman–Crippen LogP) is 0.421. The van der Waals surface area contributed by atoms with Gasteiger partial charge in [-0.2, -0.15) is 11.8 Å². The normalized spacial score (nSPS) is 23.3. The maximum absolute atomic E-state index is 11.3. The first-order chi connectivity index (χ1) is 16.4. The number of carboxylic acids is 1. The van der Waals surface area contributed by atoms with Gasteiger partial charge in [-0.3, -0.25) is 9.36 Å². The number of imidazole rings is 1. The number of nitrogens with zero attached hydrogens (tertiary/aromatic N) is 4. The number of anilines is 1. The molecule has 182 valence electrons. The number of thioether (sulfide) groups is 1. The molecule has 4 atom stereocenters. The van der Waals surface area contributed by atoms with E-state index in [1.165, 1.54) is 34.5 Å². The van der Waals surface area contributed by atoms with Crippen LogP contribution in [0.25, 0.3) is 11.2 Å². The Morgan fingerprint density at radius 1 is 1.32 bits per heavy atom. The Hall–Kier alpha value is -2.77. The maximum atomic E-state index is 11.3. The molecule has 1 aliphatic rings. The van der Waals surface area contributed by atoms with Gasteiger partial charge in [0, 0.05) is 12.3 Å². The highest BCUT2D eigenvalue weighted by atomic mass is 32.2. The Bertz CT molecular complexity index is 1120. The Labute approximate surface area is 200 Å². The molecular weight excluding hydrogens is 460 g/mol. The van der Waals surface area contributed by atoms with E-state index in [-0.39, 0.29) is 6.61 Å². The monoisotopic (exact) mass is 488 g/mol. The van der Waals surface area contributed by atoms with E-state index >= 15 is 0 Å². The molecular formula is C22H28N6O5S. The summed E-state index contributed by atoms with van der Waals surface area (Å²) in [5.74, 6) is 0.370. The van der Waals surface area contributed by atoms with Crippen LogP contribution in [0.5, 0.6) is 0 Å². The fourth-order valence-electron chi connectivity index (χ4n) is 3.81. The van der Waals surface area contributed by atoms with Crippen LogP contribution in [-0.2, 0) is 21.7 Å². The number of aliphatic hydroxyl groups excluding tert-OH is 1. The van der Waals surface area contributed by atoms with E-state index in [0.717, 1.165) is 6.42 Å². The number of carboxylic acid groups (broad SMARTS) is 1. The lowest BCUT2D eigenvalue weighted by atomic mass is 10.1. The van der Waals surface area contributed by atoms with E-state index in [1.807, 2.05) is 18.2 Å². The van der Waals surface area contributed by atoms with Crippen LogP contribution in [0, 0.1) is 0 Å². The third-order valence-corrected chi connectivity index (χ3v) is 6.90. The molecule has 1 fully saturated rings. The van der Waals surface area contributed by atoms with Gasteiger partial charge in [0.1, 0.15) is 18.5 Å². The van der Waals surface area contributed by atoms with Crippen molar-refractivity contribution in [2.24, 2.45) is 5.73 Å². The van der Waals surface area contributed by atoms with E-state index in [9.17, 15) is 15.0 Å². The summed E-state index contributed by atoms with van der Waals surface area (Å²) < 4.78 is 7.09. The van der Waals surface area contributed by atoms with Gasteiger partial charge in [-0.25, -0.2) is 15.0 Å². The lowest BCUT2D eigenvalue weighted by Gasteiger charge is -2.27. The second kappa shape index (κ2) is 10.7. The first-order valence-electron chi connectivity index (χ1n) is 10.9. The van der Waals surface area contributed by atoms with Gasteiger partial charge < -0.3 is 31.1 Å². The Balaban J connectivity index is 1.40. The van der Waals surface area contributed by atoms with Crippen molar-refractivity contribution in [2.75, 3.05) is 30.0 Å². The third kappa shape index (κ3) is 5.15. The molecule has 12 heteroatoms. The number of fused-ring (bicyclic) bond motifs is 1. The first kappa shape index (κ1) is 24.4. The minimum atomic E-state index is -1.74. The summed E-state index contributed by atoms with van der Waals surface area (Å²) in [4.78, 5) is 23.8. The molecule has 0 spiro atoms. The van der Waals surface area contributed by atoms with Crippen LogP contribution in [0.1, 0.15) is 12.0 Å². The number of nitrogens with one attached hydrogen (secondary N) is 1. The molecule has 0 saturated carbocycles. The highest BCUT2D eigenvalue weighted by Gasteiger charge is 2.50. The van der Waals surface area contributed by atoms with Crippen LogP contribution in [0.4, 0.5) is 5.82 Å². The van der Waals surface area contributed by atoms with Crippen molar-refractivity contribution in [3.63, 3.8) is 0 Å². The highest BCUT2D eigenvalue weighted by molar-refractivity contribution is 7.99. The van der Waals surface area contributed by atoms with Gasteiger partial charge in [-0.15, -0.1) is 0 Å². The first-order valence-corrected chi connectivity index (χ1v) is 12.1. The van der Waals surface area contributed by atoms with Crippen molar-refractivity contribution in [1.82, 2.24) is 19.5 Å². The molecule has 2 aromatic heterocycles. The van der Waals surface area contributed by atoms with E-state index in [1.54, 1.807) is 0 Å². The summed E-state index contributed by atoms with van der Waals surface area (Å²) in [6, 6.07) is 9.14. The van der Waals surface area contributed by atoms with Crippen LogP contribution < -0.4 is 11.1 Å². The second-order valence-electron chi connectivity index (χ2n) is 8.15. The van der Waals surface area contributed by atoms with Crippen LogP contribution in [0.3, 0.4) is 0 Å². The Kier molecular flexibility index (Phi) is 7.63. The summed E-state index contributed by atoms with van der Waals surface area (Å²) in [5.41, 5.74) is 5.82. The smallest absolute Gasteiger partial charge is 0.320 e. The number of aliphatic hydroxyl groups is 2. The second-order valence-corrected chi connectivity index (χ2v) is 9.30. The largest absolute Gasteiger partial charge is 0.480 e. The molecule has 6 N–H and O–H groups in total. The number of ether oxygens (including phenoxy) is 1. The van der Waals surface area contributed by atoms with Crippen LogP contribution in [0.2, 0.25) is 0 Å². The zero-order valence-corrected chi connectivity index (χ0v) is 19.3. The number of benzene rings is 1. The topological polar surface area (TPSA) is 169 Å². The number of hydrogen-bond donors (Lipinski definition) is 5. The van der Waals surface area contributed by atoms with Crippen molar-refractivity contribution in [3.8, 4) is 0 Å². The van der Waals surface area contributed by atoms with E-state index in [4.69, 9.17) is 15.6 Å². The summed E-state index contributed by atoms with van der Waals surface area (Å²) in [6.45, 7) is 0.504. The average molecular weight is 489 g/mol. The van der Waals surface area contributed by atoms with Crippen molar-refractivity contribution < 1.29 is 24.9 Å². The average Bonchev–Trinajstić information content (AvgIpc) is 3.40. The van der Waals surface area contributed by atoms with E-state index < -0.39 is 29.9 Å². The third-order valence-electron chi connectivity index (χ3n) is 5.81. The minimum absolute atomic E-state index is 0.139. The highest BCUT2D eigenvalue weighted by Crippen LogP contribution is 2.34. The van der Waals surface area contributed by atoms with Crippen LogP contribution in [-0.4, -0.2) is 83.7 Å². The number of aliphatic carboxylic acids is 1. The lowest BCUT2D eigenvalue weighted by molar-refractivity contribution is -0.138. The van der Waals surface area contributed by atoms with Gasteiger partial charge in [0.15, 0.2) is 22.7 Å². The van der Waals surface area contributed by atoms with Crippen LogP contribution >= 0.6 is 11.8 Å². The predicted molar refractivity (Wildman–Crippen MR) is 127 cm³/mol. The molecule has 0 amide bonds. The zero-order chi connectivity index (χ0) is 24.1. The van der Waals surface area contributed by atoms with Gasteiger partial charge in [0.05, 0.1) is 19.0 Å². The molecule has 34 heavy (non-hydrogen) atoms. The Morgan fingerprint density at radius 2 is 2.12 bits per heavy atom. The fourth-order valence-corrected chi connectivity index (χ4v) is 4.90.